The Kier molecular flexibility index (Phi) is 7.76. The second-order valence-electron chi connectivity index (χ2n) is 8.02. The van der Waals surface area contributed by atoms with E-state index >= 15 is 0 Å². The number of ether oxygens (including phenoxy) is 1. The quantitative estimate of drug-likeness (QED) is 0.470. The van der Waals surface area contributed by atoms with Crippen molar-refractivity contribution in [2.24, 2.45) is 0 Å². The fraction of sp³-hybridized carbons (Fsp3) is 0.269. The van der Waals surface area contributed by atoms with Gasteiger partial charge in [0.05, 0.1) is 18.0 Å². The Morgan fingerprint density at radius 2 is 1.52 bits per heavy atom. The van der Waals surface area contributed by atoms with Gasteiger partial charge < -0.3 is 10.1 Å². The molecule has 1 amide bonds. The second kappa shape index (κ2) is 10.5. The minimum Gasteiger partial charge on any atom is -0.457 e. The number of carbonyl (C=O) groups is 1. The van der Waals surface area contributed by atoms with Gasteiger partial charge in [-0.2, -0.15) is 0 Å². The maximum Gasteiger partial charge on any atom is 0.244 e. The largest absolute Gasteiger partial charge is 0.457 e. The van der Waals surface area contributed by atoms with Gasteiger partial charge in [-0.05, 0) is 62.2 Å². The molecule has 2 atom stereocenters. The molecule has 7 heteroatoms. The molecular formula is C26H30N2O4S. The van der Waals surface area contributed by atoms with Crippen LogP contribution in [-0.4, -0.2) is 26.6 Å². The van der Waals surface area contributed by atoms with E-state index in [1.165, 1.54) is 0 Å². The number of nitrogens with one attached hydrogen (secondary N) is 1. The van der Waals surface area contributed by atoms with Crippen LogP contribution in [0.4, 0.5) is 5.69 Å². The summed E-state index contributed by atoms with van der Waals surface area (Å²) >= 11 is 0. The highest BCUT2D eigenvalue weighted by Gasteiger charge is 2.30. The Morgan fingerprint density at radius 3 is 2.06 bits per heavy atom. The van der Waals surface area contributed by atoms with Gasteiger partial charge in [0.1, 0.15) is 17.5 Å². The van der Waals surface area contributed by atoms with Crippen LogP contribution in [0.15, 0.2) is 78.9 Å². The molecule has 0 unspecified atom stereocenters. The number of carbonyl (C=O) groups excluding carboxylic acids is 1. The Labute approximate surface area is 196 Å². The first-order chi connectivity index (χ1) is 15.7. The standard InChI is InChI=1S/C26H30N2O4S/c1-5-25(21-13-11-19(2)12-14-21)27-26(29)20(3)28(33(4,30)31)22-15-17-24(18-16-22)32-23-9-7-6-8-10-23/h6-18,20,25H,5H2,1-4H3,(H,27,29)/t20-,25-/m0/s1. The zero-order valence-electron chi connectivity index (χ0n) is 19.4. The molecule has 0 saturated heterocycles. The van der Waals surface area contributed by atoms with Gasteiger partial charge >= 0.3 is 0 Å². The SMILES string of the molecule is CC[C@H](NC(=O)[C@H](C)N(c1ccc(Oc2ccccc2)cc1)S(C)(=O)=O)c1ccc(C)cc1. The minimum atomic E-state index is -3.72. The zero-order chi connectivity index (χ0) is 24.0. The Hall–Kier alpha value is -3.32. The van der Waals surface area contributed by atoms with Gasteiger partial charge in [0.15, 0.2) is 0 Å². The van der Waals surface area contributed by atoms with Crippen molar-refractivity contribution < 1.29 is 17.9 Å². The summed E-state index contributed by atoms with van der Waals surface area (Å²) < 4.78 is 32.2. The first kappa shape index (κ1) is 24.3. The van der Waals surface area contributed by atoms with Crippen LogP contribution in [-0.2, 0) is 14.8 Å². The predicted octanol–water partition coefficient (Wildman–Crippen LogP) is 5.21. The topological polar surface area (TPSA) is 75.7 Å². The summed E-state index contributed by atoms with van der Waals surface area (Å²) in [6.07, 6.45) is 1.79. The molecule has 0 spiro atoms. The lowest BCUT2D eigenvalue weighted by molar-refractivity contribution is -0.122. The number of hydrogen-bond acceptors (Lipinski definition) is 4. The third kappa shape index (κ3) is 6.35. The molecule has 3 aromatic rings. The molecule has 0 fully saturated rings. The van der Waals surface area contributed by atoms with Crippen molar-refractivity contribution in [1.29, 1.82) is 0 Å². The van der Waals surface area contributed by atoms with E-state index in [1.54, 1.807) is 31.2 Å². The lowest BCUT2D eigenvalue weighted by Crippen LogP contribution is -2.48. The monoisotopic (exact) mass is 466 g/mol. The molecule has 6 nitrogen and oxygen atoms in total. The van der Waals surface area contributed by atoms with E-state index in [-0.39, 0.29) is 11.9 Å². The first-order valence-electron chi connectivity index (χ1n) is 10.9. The molecule has 174 valence electrons. The van der Waals surface area contributed by atoms with Crippen LogP contribution < -0.4 is 14.4 Å². The molecule has 0 aliphatic carbocycles. The van der Waals surface area contributed by atoms with Crippen LogP contribution in [0.1, 0.15) is 37.4 Å². The van der Waals surface area contributed by atoms with Crippen molar-refractivity contribution in [2.45, 2.75) is 39.3 Å². The number of sulfonamides is 1. The molecular weight excluding hydrogens is 436 g/mol. The lowest BCUT2D eigenvalue weighted by Gasteiger charge is -2.30. The maximum atomic E-state index is 13.1. The molecule has 1 N–H and O–H groups in total. The lowest BCUT2D eigenvalue weighted by atomic mass is 10.0. The van der Waals surface area contributed by atoms with Crippen LogP contribution in [0, 0.1) is 6.92 Å². The summed E-state index contributed by atoms with van der Waals surface area (Å²) in [4.78, 5) is 13.1. The first-order valence-corrected chi connectivity index (χ1v) is 12.7. The molecule has 0 saturated carbocycles. The highest BCUT2D eigenvalue weighted by molar-refractivity contribution is 7.92. The van der Waals surface area contributed by atoms with E-state index in [9.17, 15) is 13.2 Å². The highest BCUT2D eigenvalue weighted by Crippen LogP contribution is 2.27. The van der Waals surface area contributed by atoms with E-state index in [2.05, 4.69) is 5.32 Å². The average molecular weight is 467 g/mol. The third-order valence-electron chi connectivity index (χ3n) is 5.36. The second-order valence-corrected chi connectivity index (χ2v) is 9.88. The smallest absolute Gasteiger partial charge is 0.244 e. The van der Waals surface area contributed by atoms with Crippen molar-refractivity contribution in [2.75, 3.05) is 10.6 Å². The highest BCUT2D eigenvalue weighted by atomic mass is 32.2. The van der Waals surface area contributed by atoms with E-state index < -0.39 is 16.1 Å². The number of nitrogens with zero attached hydrogens (tertiary/aromatic N) is 1. The molecule has 0 heterocycles. The summed E-state index contributed by atoms with van der Waals surface area (Å²) in [7, 11) is -3.72. The number of hydrogen-bond donors (Lipinski definition) is 1. The molecule has 3 aromatic carbocycles. The van der Waals surface area contributed by atoms with Crippen molar-refractivity contribution in [3.8, 4) is 11.5 Å². The Balaban J connectivity index is 1.79. The molecule has 0 aliphatic rings. The van der Waals surface area contributed by atoms with Crippen LogP contribution in [0.3, 0.4) is 0 Å². The van der Waals surface area contributed by atoms with Gasteiger partial charge in [-0.15, -0.1) is 0 Å². The van der Waals surface area contributed by atoms with Crippen molar-refractivity contribution in [3.05, 3.63) is 90.0 Å². The van der Waals surface area contributed by atoms with Crippen molar-refractivity contribution in [1.82, 2.24) is 5.32 Å². The number of benzene rings is 3. The number of aryl methyl sites for hydroxylation is 1. The number of rotatable bonds is 9. The summed E-state index contributed by atoms with van der Waals surface area (Å²) in [6, 6.07) is 22.8. The molecule has 0 bridgehead atoms. The van der Waals surface area contributed by atoms with Gasteiger partial charge in [0, 0.05) is 0 Å². The molecule has 0 aliphatic heterocycles. The Morgan fingerprint density at radius 1 is 0.939 bits per heavy atom. The third-order valence-corrected chi connectivity index (χ3v) is 6.60. The van der Waals surface area contributed by atoms with Crippen LogP contribution in [0.5, 0.6) is 11.5 Å². The van der Waals surface area contributed by atoms with Crippen molar-refractivity contribution >= 4 is 21.6 Å². The summed E-state index contributed by atoms with van der Waals surface area (Å²) in [5, 5.41) is 3.00. The fourth-order valence-electron chi connectivity index (χ4n) is 3.61. The number of anilines is 1. The normalized spacial score (nSPS) is 13.1. The molecule has 33 heavy (non-hydrogen) atoms. The number of para-hydroxylation sites is 1. The van der Waals surface area contributed by atoms with Gasteiger partial charge in [-0.25, -0.2) is 8.42 Å². The molecule has 0 aromatic heterocycles. The minimum absolute atomic E-state index is 0.205. The van der Waals surface area contributed by atoms with Crippen LogP contribution >= 0.6 is 0 Å². The Bertz CT molecular complexity index is 1160. The van der Waals surface area contributed by atoms with E-state index in [4.69, 9.17) is 4.74 Å². The average Bonchev–Trinajstić information content (AvgIpc) is 2.79. The number of amides is 1. The maximum absolute atomic E-state index is 13.1. The van der Waals surface area contributed by atoms with Crippen LogP contribution in [0.2, 0.25) is 0 Å². The summed E-state index contributed by atoms with van der Waals surface area (Å²) in [5.41, 5.74) is 2.51. The van der Waals surface area contributed by atoms with E-state index in [1.807, 2.05) is 68.4 Å². The van der Waals surface area contributed by atoms with Gasteiger partial charge in [-0.3, -0.25) is 9.10 Å². The fourth-order valence-corrected chi connectivity index (χ4v) is 4.78. The van der Waals surface area contributed by atoms with Crippen molar-refractivity contribution in [3.63, 3.8) is 0 Å². The van der Waals surface area contributed by atoms with Gasteiger partial charge in [0.25, 0.3) is 0 Å². The van der Waals surface area contributed by atoms with Gasteiger partial charge in [-0.1, -0.05) is 55.0 Å². The van der Waals surface area contributed by atoms with Crippen LogP contribution in [0.25, 0.3) is 0 Å². The predicted molar refractivity (Wildman–Crippen MR) is 132 cm³/mol. The summed E-state index contributed by atoms with van der Waals surface area (Å²) in [5.74, 6) is 0.887. The zero-order valence-corrected chi connectivity index (χ0v) is 20.2. The van der Waals surface area contributed by atoms with E-state index in [0.29, 0.717) is 23.6 Å². The summed E-state index contributed by atoms with van der Waals surface area (Å²) in [6.45, 7) is 5.58. The van der Waals surface area contributed by atoms with Gasteiger partial charge in [0.2, 0.25) is 15.9 Å². The van der Waals surface area contributed by atoms with E-state index in [0.717, 1.165) is 21.7 Å². The molecule has 0 radical (unpaired) electrons. The molecule has 3 rings (SSSR count).